The number of aromatic nitrogens is 1. The molecule has 0 saturated carbocycles. The summed E-state index contributed by atoms with van der Waals surface area (Å²) in [7, 11) is 0. The molecule has 5 nitrogen and oxygen atoms in total. The van der Waals surface area contributed by atoms with E-state index in [1.54, 1.807) is 6.92 Å². The van der Waals surface area contributed by atoms with E-state index in [0.717, 1.165) is 11.3 Å². The van der Waals surface area contributed by atoms with Crippen LogP contribution in [0.4, 0.5) is 4.79 Å². The number of nitrogens with two attached hydrogens (primary N) is 1. The summed E-state index contributed by atoms with van der Waals surface area (Å²) in [6, 6.07) is 0. The van der Waals surface area contributed by atoms with Crippen molar-refractivity contribution in [2.45, 2.75) is 6.92 Å². The lowest BCUT2D eigenvalue weighted by atomic mass is 10.4. The number of aldehydes is 1. The fourth-order valence-corrected chi connectivity index (χ4v) is 1.36. The van der Waals surface area contributed by atoms with Gasteiger partial charge in [-0.1, -0.05) is 11.3 Å². The van der Waals surface area contributed by atoms with Crippen molar-refractivity contribution in [2.24, 2.45) is 5.73 Å². The third-order valence-corrected chi connectivity index (χ3v) is 2.07. The second-order valence-corrected chi connectivity index (χ2v) is 2.96. The van der Waals surface area contributed by atoms with Gasteiger partial charge < -0.3 is 10.5 Å². The monoisotopic (exact) mass is 186 g/mol. The Morgan fingerprint density at radius 2 is 2.42 bits per heavy atom. The van der Waals surface area contributed by atoms with E-state index >= 15 is 0 Å². The van der Waals surface area contributed by atoms with Crippen molar-refractivity contribution in [3.05, 3.63) is 10.6 Å². The summed E-state index contributed by atoms with van der Waals surface area (Å²) >= 11 is 0.986. The van der Waals surface area contributed by atoms with Gasteiger partial charge >= 0.3 is 6.09 Å². The van der Waals surface area contributed by atoms with Gasteiger partial charge in [0.15, 0.2) is 6.29 Å². The summed E-state index contributed by atoms with van der Waals surface area (Å²) in [6.45, 7) is 1.65. The number of hydrogen-bond acceptors (Lipinski definition) is 5. The standard InChI is InChI=1S/C6H6N2O3S/c1-3-4(2-9)12-6(8-3)11-5(7)10/h2H,1H3,(H2,7,10). The number of aryl methyl sites for hydroxylation is 1. The average Bonchev–Trinajstić information content (AvgIpc) is 2.29. The molecule has 0 saturated heterocycles. The quantitative estimate of drug-likeness (QED) is 0.690. The molecule has 0 aliphatic rings. The zero-order valence-corrected chi connectivity index (χ0v) is 7.05. The van der Waals surface area contributed by atoms with Crippen LogP contribution >= 0.6 is 11.3 Å². The van der Waals surface area contributed by atoms with Gasteiger partial charge in [0.2, 0.25) is 0 Å². The Morgan fingerprint density at radius 1 is 1.75 bits per heavy atom. The molecule has 1 aromatic heterocycles. The molecule has 0 radical (unpaired) electrons. The molecule has 0 spiro atoms. The molecule has 0 bridgehead atoms. The Balaban J connectivity index is 2.89. The van der Waals surface area contributed by atoms with Gasteiger partial charge in [-0.25, -0.2) is 9.78 Å². The maximum atomic E-state index is 10.3. The van der Waals surface area contributed by atoms with Gasteiger partial charge in [0, 0.05) is 0 Å². The summed E-state index contributed by atoms with van der Waals surface area (Å²) in [6.07, 6.45) is -0.276. The van der Waals surface area contributed by atoms with Crippen molar-refractivity contribution < 1.29 is 14.3 Å². The lowest BCUT2D eigenvalue weighted by Crippen LogP contribution is -2.15. The minimum absolute atomic E-state index is 0.0992. The molecule has 0 atom stereocenters. The highest BCUT2D eigenvalue weighted by Crippen LogP contribution is 2.22. The summed E-state index contributed by atoms with van der Waals surface area (Å²) in [4.78, 5) is 24.8. The molecule has 6 heteroatoms. The molecule has 0 aliphatic carbocycles. The summed E-state index contributed by atoms with van der Waals surface area (Å²) in [5.74, 6) is 0. The number of carbonyl (C=O) groups excluding carboxylic acids is 2. The van der Waals surface area contributed by atoms with E-state index in [4.69, 9.17) is 5.73 Å². The first-order valence-electron chi connectivity index (χ1n) is 3.03. The fraction of sp³-hybridized carbons (Fsp3) is 0.167. The Bertz CT molecular complexity index is 321. The molecule has 0 aliphatic heterocycles. The Hall–Kier alpha value is -1.43. The molecule has 64 valence electrons. The highest BCUT2D eigenvalue weighted by molar-refractivity contribution is 7.15. The van der Waals surface area contributed by atoms with Crippen LogP contribution in [0.25, 0.3) is 0 Å². The molecule has 0 unspecified atom stereocenters. The molecule has 0 fully saturated rings. The van der Waals surface area contributed by atoms with E-state index in [1.165, 1.54) is 0 Å². The number of thiazole rings is 1. The van der Waals surface area contributed by atoms with Gasteiger partial charge in [-0.3, -0.25) is 4.79 Å². The Morgan fingerprint density at radius 3 is 2.83 bits per heavy atom. The van der Waals surface area contributed by atoms with Gasteiger partial charge in [-0.15, -0.1) is 0 Å². The van der Waals surface area contributed by atoms with Crippen LogP contribution in [0.5, 0.6) is 5.19 Å². The molecule has 1 amide bonds. The second-order valence-electron chi connectivity index (χ2n) is 1.97. The molecule has 2 N–H and O–H groups in total. The molecule has 1 rings (SSSR count). The van der Waals surface area contributed by atoms with E-state index in [0.29, 0.717) is 16.9 Å². The minimum atomic E-state index is -0.929. The molecular weight excluding hydrogens is 180 g/mol. The summed E-state index contributed by atoms with van der Waals surface area (Å²) in [5.41, 5.74) is 5.28. The highest BCUT2D eigenvalue weighted by Gasteiger charge is 2.08. The van der Waals surface area contributed by atoms with E-state index in [1.807, 2.05) is 0 Å². The normalized spacial score (nSPS) is 9.42. The zero-order valence-electron chi connectivity index (χ0n) is 6.23. The maximum absolute atomic E-state index is 10.3. The first-order chi connectivity index (χ1) is 5.63. The smallest absolute Gasteiger partial charge is 0.381 e. The van der Waals surface area contributed by atoms with Crippen LogP contribution in [0, 0.1) is 6.92 Å². The molecule has 0 aromatic carbocycles. The van der Waals surface area contributed by atoms with Gasteiger partial charge in [0.1, 0.15) is 0 Å². The lowest BCUT2D eigenvalue weighted by Gasteiger charge is -1.90. The van der Waals surface area contributed by atoms with Gasteiger partial charge in [0.25, 0.3) is 5.19 Å². The van der Waals surface area contributed by atoms with Crippen LogP contribution in [-0.4, -0.2) is 17.4 Å². The summed E-state index contributed by atoms with van der Waals surface area (Å²) in [5, 5.41) is 0.0992. The first kappa shape index (κ1) is 8.66. The van der Waals surface area contributed by atoms with Crippen LogP contribution in [-0.2, 0) is 0 Å². The van der Waals surface area contributed by atoms with Gasteiger partial charge in [-0.2, -0.15) is 0 Å². The van der Waals surface area contributed by atoms with E-state index in [9.17, 15) is 9.59 Å². The number of amides is 1. The number of primary amides is 1. The second kappa shape index (κ2) is 3.31. The van der Waals surface area contributed by atoms with Crippen molar-refractivity contribution >= 4 is 23.7 Å². The maximum Gasteiger partial charge on any atom is 0.411 e. The van der Waals surface area contributed by atoms with E-state index in [-0.39, 0.29) is 5.19 Å². The predicted molar refractivity (Wildman–Crippen MR) is 42.4 cm³/mol. The summed E-state index contributed by atoms with van der Waals surface area (Å²) < 4.78 is 4.46. The predicted octanol–water partition coefficient (Wildman–Crippen LogP) is 0.722. The topological polar surface area (TPSA) is 82.3 Å². The van der Waals surface area contributed by atoms with Crippen LogP contribution in [0.1, 0.15) is 15.4 Å². The largest absolute Gasteiger partial charge is 0.411 e. The van der Waals surface area contributed by atoms with Crippen molar-refractivity contribution in [1.29, 1.82) is 0 Å². The third kappa shape index (κ3) is 1.79. The van der Waals surface area contributed by atoms with Crippen LogP contribution in [0.2, 0.25) is 0 Å². The van der Waals surface area contributed by atoms with Crippen molar-refractivity contribution in [3.8, 4) is 5.19 Å². The van der Waals surface area contributed by atoms with Crippen molar-refractivity contribution in [1.82, 2.24) is 4.98 Å². The van der Waals surface area contributed by atoms with Gasteiger partial charge in [0.05, 0.1) is 10.6 Å². The highest BCUT2D eigenvalue weighted by atomic mass is 32.1. The zero-order chi connectivity index (χ0) is 9.14. The van der Waals surface area contributed by atoms with Crippen LogP contribution in [0.3, 0.4) is 0 Å². The Labute approximate surface area is 72.2 Å². The fourth-order valence-electron chi connectivity index (χ4n) is 0.622. The first-order valence-corrected chi connectivity index (χ1v) is 3.85. The van der Waals surface area contributed by atoms with E-state index < -0.39 is 6.09 Å². The average molecular weight is 186 g/mol. The SMILES string of the molecule is Cc1nc(OC(N)=O)sc1C=O. The van der Waals surface area contributed by atoms with Crippen LogP contribution < -0.4 is 10.5 Å². The molecular formula is C6H6N2O3S. The van der Waals surface area contributed by atoms with Crippen molar-refractivity contribution in [3.63, 3.8) is 0 Å². The minimum Gasteiger partial charge on any atom is -0.381 e. The van der Waals surface area contributed by atoms with Crippen molar-refractivity contribution in [2.75, 3.05) is 0 Å². The number of nitrogens with zero attached hydrogens (tertiary/aromatic N) is 1. The Kier molecular flexibility index (Phi) is 2.39. The molecule has 12 heavy (non-hydrogen) atoms. The number of ether oxygens (including phenoxy) is 1. The van der Waals surface area contributed by atoms with Crippen LogP contribution in [0.15, 0.2) is 0 Å². The third-order valence-electron chi connectivity index (χ3n) is 1.11. The molecule has 1 heterocycles. The molecule has 1 aromatic rings. The number of hydrogen-bond donors (Lipinski definition) is 1. The number of carbonyl (C=O) groups is 2. The number of rotatable bonds is 2. The van der Waals surface area contributed by atoms with E-state index in [2.05, 4.69) is 9.72 Å². The lowest BCUT2D eigenvalue weighted by molar-refractivity contribution is 0.112. The van der Waals surface area contributed by atoms with Gasteiger partial charge in [-0.05, 0) is 6.92 Å².